The molecule has 0 aliphatic carbocycles. The maximum Gasteiger partial charge on any atom is 0.273 e. The monoisotopic (exact) mass is 476 g/mol. The molecule has 1 aromatic carbocycles. The van der Waals surface area contributed by atoms with Crippen molar-refractivity contribution < 1.29 is 18.5 Å². The summed E-state index contributed by atoms with van der Waals surface area (Å²) in [5, 5.41) is 15.1. The van der Waals surface area contributed by atoms with Crippen LogP contribution in [0.15, 0.2) is 82.0 Å². The lowest BCUT2D eigenvalue weighted by Crippen LogP contribution is -2.28. The van der Waals surface area contributed by atoms with Gasteiger partial charge in [0, 0.05) is 12.3 Å². The maximum absolute atomic E-state index is 11.2. The van der Waals surface area contributed by atoms with Crippen molar-refractivity contribution in [3.8, 4) is 17.1 Å². The number of hydrogen-bond donors (Lipinski definition) is 1. The molecule has 0 saturated carbocycles. The SMILES string of the molecule is COc1cc([N+](=O)[O-])ccc1-c1ccc([C@H]2[C@H](c3ccccn3)NC(=S)N2Cc2ccco2)o1. The highest BCUT2D eigenvalue weighted by molar-refractivity contribution is 7.80. The van der Waals surface area contributed by atoms with Gasteiger partial charge in [-0.2, -0.15) is 0 Å². The summed E-state index contributed by atoms with van der Waals surface area (Å²) in [7, 11) is 1.47. The minimum Gasteiger partial charge on any atom is -0.496 e. The van der Waals surface area contributed by atoms with E-state index in [1.54, 1.807) is 18.5 Å². The molecular formula is C24H20N4O5S. The number of non-ortho nitro benzene ring substituents is 1. The van der Waals surface area contributed by atoms with Gasteiger partial charge in [-0.15, -0.1) is 0 Å². The van der Waals surface area contributed by atoms with Gasteiger partial charge in [0.25, 0.3) is 5.69 Å². The molecule has 0 amide bonds. The summed E-state index contributed by atoms with van der Waals surface area (Å²) < 4.78 is 17.2. The fourth-order valence-corrected chi connectivity index (χ4v) is 4.41. The first-order valence-corrected chi connectivity index (χ1v) is 10.9. The van der Waals surface area contributed by atoms with Gasteiger partial charge in [-0.25, -0.2) is 0 Å². The van der Waals surface area contributed by atoms with Gasteiger partial charge in [0.05, 0.1) is 48.2 Å². The zero-order chi connectivity index (χ0) is 23.7. The van der Waals surface area contributed by atoms with Gasteiger partial charge in [0.1, 0.15) is 29.1 Å². The molecule has 4 heterocycles. The molecule has 0 unspecified atom stereocenters. The number of nitrogens with one attached hydrogen (secondary N) is 1. The first kappa shape index (κ1) is 21.7. The molecule has 0 radical (unpaired) electrons. The smallest absolute Gasteiger partial charge is 0.273 e. The van der Waals surface area contributed by atoms with Crippen molar-refractivity contribution in [2.24, 2.45) is 0 Å². The lowest BCUT2D eigenvalue weighted by atomic mass is 10.0. The van der Waals surface area contributed by atoms with Crippen LogP contribution in [0.4, 0.5) is 5.69 Å². The molecule has 3 aromatic heterocycles. The average Bonchev–Trinajstić information content (AvgIpc) is 3.61. The Bertz CT molecular complexity index is 1320. The number of ether oxygens (including phenoxy) is 1. The minimum atomic E-state index is -0.463. The number of thiocarbonyl (C=S) groups is 1. The Morgan fingerprint density at radius 3 is 2.79 bits per heavy atom. The van der Waals surface area contributed by atoms with Gasteiger partial charge in [-0.05, 0) is 54.7 Å². The molecule has 1 saturated heterocycles. The molecule has 1 aliphatic rings. The average molecular weight is 477 g/mol. The lowest BCUT2D eigenvalue weighted by Gasteiger charge is -2.25. The van der Waals surface area contributed by atoms with E-state index >= 15 is 0 Å². The highest BCUT2D eigenvalue weighted by Gasteiger charge is 2.42. The Morgan fingerprint density at radius 1 is 1.21 bits per heavy atom. The second-order valence-electron chi connectivity index (χ2n) is 7.68. The maximum atomic E-state index is 11.2. The second-order valence-corrected chi connectivity index (χ2v) is 8.06. The van der Waals surface area contributed by atoms with Gasteiger partial charge < -0.3 is 23.8 Å². The number of nitro groups is 1. The van der Waals surface area contributed by atoms with Gasteiger partial charge >= 0.3 is 0 Å². The molecule has 0 bridgehead atoms. The van der Waals surface area contributed by atoms with Crippen molar-refractivity contribution in [2.75, 3.05) is 7.11 Å². The van der Waals surface area contributed by atoms with E-state index in [4.69, 9.17) is 25.8 Å². The van der Waals surface area contributed by atoms with Crippen LogP contribution in [0, 0.1) is 10.1 Å². The summed E-state index contributed by atoms with van der Waals surface area (Å²) >= 11 is 5.67. The van der Waals surface area contributed by atoms with Crippen LogP contribution in [0.1, 0.15) is 29.3 Å². The Morgan fingerprint density at radius 2 is 2.09 bits per heavy atom. The van der Waals surface area contributed by atoms with E-state index in [1.807, 2.05) is 47.4 Å². The molecule has 2 atom stereocenters. The van der Waals surface area contributed by atoms with Crippen LogP contribution >= 0.6 is 12.2 Å². The predicted molar refractivity (Wildman–Crippen MR) is 127 cm³/mol. The van der Waals surface area contributed by atoms with Crippen LogP contribution in [0.3, 0.4) is 0 Å². The van der Waals surface area contributed by atoms with Crippen molar-refractivity contribution in [1.82, 2.24) is 15.2 Å². The van der Waals surface area contributed by atoms with Gasteiger partial charge in [0.2, 0.25) is 0 Å². The summed E-state index contributed by atoms with van der Waals surface area (Å²) in [6.45, 7) is 0.448. The molecule has 0 spiro atoms. The standard InChI is InChI=1S/C24H20N4O5S/c1-31-21-13-15(28(29)30)7-8-17(21)19-9-10-20(33-19)23-22(18-6-2-3-11-25-18)26-24(34)27(23)14-16-5-4-12-32-16/h2-13,22-23H,14H2,1H3,(H,26,34)/t22-,23-/m0/s1. The summed E-state index contributed by atoms with van der Waals surface area (Å²) in [4.78, 5) is 17.2. The number of pyridine rings is 1. The zero-order valence-electron chi connectivity index (χ0n) is 18.1. The highest BCUT2D eigenvalue weighted by Crippen LogP contribution is 2.42. The summed E-state index contributed by atoms with van der Waals surface area (Å²) in [5.74, 6) is 2.30. The quantitative estimate of drug-likeness (QED) is 0.223. The van der Waals surface area contributed by atoms with Crippen LogP contribution in [-0.4, -0.2) is 27.0 Å². The van der Waals surface area contributed by atoms with E-state index in [9.17, 15) is 10.1 Å². The Hall–Kier alpha value is -4.18. The van der Waals surface area contributed by atoms with Crippen LogP contribution in [0.5, 0.6) is 5.75 Å². The fraction of sp³-hybridized carbons (Fsp3) is 0.167. The number of benzene rings is 1. The molecule has 9 nitrogen and oxygen atoms in total. The van der Waals surface area contributed by atoms with Crippen molar-refractivity contribution >= 4 is 23.0 Å². The Kier molecular flexibility index (Phi) is 5.72. The van der Waals surface area contributed by atoms with Crippen LogP contribution < -0.4 is 10.1 Å². The van der Waals surface area contributed by atoms with E-state index < -0.39 is 4.92 Å². The van der Waals surface area contributed by atoms with E-state index in [0.29, 0.717) is 34.5 Å². The summed E-state index contributed by atoms with van der Waals surface area (Å²) in [5.41, 5.74) is 1.38. The Labute approximate surface area is 200 Å². The molecular weight excluding hydrogens is 456 g/mol. The van der Waals surface area contributed by atoms with Crippen molar-refractivity contribution in [1.29, 1.82) is 0 Å². The van der Waals surface area contributed by atoms with Crippen LogP contribution in [-0.2, 0) is 6.54 Å². The lowest BCUT2D eigenvalue weighted by molar-refractivity contribution is -0.384. The number of furan rings is 2. The Balaban J connectivity index is 1.54. The van der Waals surface area contributed by atoms with Gasteiger partial charge in [-0.3, -0.25) is 15.1 Å². The normalized spacial score (nSPS) is 17.6. The molecule has 1 fully saturated rings. The number of nitrogens with zero attached hydrogens (tertiary/aromatic N) is 3. The number of methoxy groups -OCH3 is 1. The van der Waals surface area contributed by atoms with E-state index in [-0.39, 0.29) is 17.8 Å². The fourth-order valence-electron chi connectivity index (χ4n) is 4.11. The highest BCUT2D eigenvalue weighted by atomic mass is 32.1. The van der Waals surface area contributed by atoms with E-state index in [0.717, 1.165) is 11.5 Å². The van der Waals surface area contributed by atoms with Crippen LogP contribution in [0.2, 0.25) is 0 Å². The van der Waals surface area contributed by atoms with Gasteiger partial charge in [-0.1, -0.05) is 6.07 Å². The third kappa shape index (κ3) is 3.99. The van der Waals surface area contributed by atoms with Crippen molar-refractivity contribution in [3.63, 3.8) is 0 Å². The minimum absolute atomic E-state index is 0.0578. The molecule has 172 valence electrons. The molecule has 10 heteroatoms. The number of nitro benzene ring substituents is 1. The molecule has 1 N–H and O–H groups in total. The first-order chi connectivity index (χ1) is 16.5. The van der Waals surface area contributed by atoms with E-state index in [2.05, 4.69) is 10.3 Å². The summed E-state index contributed by atoms with van der Waals surface area (Å²) in [6, 6.07) is 17.0. The first-order valence-electron chi connectivity index (χ1n) is 10.5. The molecule has 34 heavy (non-hydrogen) atoms. The number of rotatable bonds is 7. The molecule has 1 aliphatic heterocycles. The zero-order valence-corrected chi connectivity index (χ0v) is 18.9. The molecule has 4 aromatic rings. The van der Waals surface area contributed by atoms with Gasteiger partial charge in [0.15, 0.2) is 5.11 Å². The van der Waals surface area contributed by atoms with Crippen LogP contribution in [0.25, 0.3) is 11.3 Å². The topological polar surface area (TPSA) is 107 Å². The summed E-state index contributed by atoms with van der Waals surface area (Å²) in [6.07, 6.45) is 3.36. The third-order valence-electron chi connectivity index (χ3n) is 5.68. The second kappa shape index (κ2) is 8.99. The predicted octanol–water partition coefficient (Wildman–Crippen LogP) is 5.02. The van der Waals surface area contributed by atoms with Crippen molar-refractivity contribution in [3.05, 3.63) is 100 Å². The van der Waals surface area contributed by atoms with Crippen molar-refractivity contribution in [2.45, 2.75) is 18.6 Å². The molecule has 5 rings (SSSR count). The number of hydrogen-bond acceptors (Lipinski definition) is 7. The van der Waals surface area contributed by atoms with E-state index in [1.165, 1.54) is 19.2 Å². The third-order valence-corrected chi connectivity index (χ3v) is 6.04. The number of aromatic nitrogens is 1. The largest absolute Gasteiger partial charge is 0.496 e.